The number of carbonyl (C=O) groups excluding carboxylic acids is 1. The van der Waals surface area contributed by atoms with E-state index in [9.17, 15) is 13.2 Å². The Balaban J connectivity index is 1.55. The Morgan fingerprint density at radius 3 is 2.42 bits per heavy atom. The molecule has 1 aliphatic rings. The van der Waals surface area contributed by atoms with Gasteiger partial charge in [-0.1, -0.05) is 49.4 Å². The van der Waals surface area contributed by atoms with Crippen molar-refractivity contribution >= 4 is 21.6 Å². The third kappa shape index (κ3) is 4.80. The number of ether oxygens (including phenoxy) is 2. The molecule has 0 saturated heterocycles. The van der Waals surface area contributed by atoms with E-state index in [1.54, 1.807) is 36.4 Å². The number of rotatable bonds is 7. The first-order valence-electron chi connectivity index (χ1n) is 10.7. The fourth-order valence-electron chi connectivity index (χ4n) is 3.71. The molecule has 0 bridgehead atoms. The molecule has 1 N–H and O–H groups in total. The number of amides is 1. The van der Waals surface area contributed by atoms with Crippen molar-refractivity contribution in [1.29, 1.82) is 0 Å². The molecule has 4 rings (SSSR count). The van der Waals surface area contributed by atoms with E-state index in [4.69, 9.17) is 9.47 Å². The van der Waals surface area contributed by atoms with Crippen LogP contribution in [0.5, 0.6) is 11.5 Å². The minimum absolute atomic E-state index is 0.102. The highest BCUT2D eigenvalue weighted by Gasteiger charge is 2.37. The Morgan fingerprint density at radius 2 is 1.73 bits per heavy atom. The van der Waals surface area contributed by atoms with E-state index in [1.165, 1.54) is 23.5 Å². The molecule has 33 heavy (non-hydrogen) atoms. The minimum Gasteiger partial charge on any atom is -0.497 e. The first-order valence-corrected chi connectivity index (χ1v) is 12.1. The van der Waals surface area contributed by atoms with Crippen LogP contribution in [0.1, 0.15) is 18.4 Å². The summed E-state index contributed by atoms with van der Waals surface area (Å²) >= 11 is 0. The lowest BCUT2D eigenvalue weighted by Gasteiger charge is -2.34. The van der Waals surface area contributed by atoms with Crippen molar-refractivity contribution in [2.24, 2.45) is 0 Å². The number of para-hydroxylation sites is 2. The third-order valence-corrected chi connectivity index (χ3v) is 7.42. The van der Waals surface area contributed by atoms with Gasteiger partial charge in [-0.15, -0.1) is 0 Å². The van der Waals surface area contributed by atoms with E-state index in [1.807, 2.05) is 37.3 Å². The van der Waals surface area contributed by atoms with Gasteiger partial charge in [0.1, 0.15) is 11.5 Å². The predicted molar refractivity (Wildman–Crippen MR) is 126 cm³/mol. The molecule has 2 atom stereocenters. The fourth-order valence-corrected chi connectivity index (χ4v) is 5.18. The molecule has 3 aromatic carbocycles. The van der Waals surface area contributed by atoms with Crippen LogP contribution < -0.4 is 19.1 Å². The van der Waals surface area contributed by atoms with Gasteiger partial charge in [-0.25, -0.2) is 8.42 Å². The van der Waals surface area contributed by atoms with Crippen molar-refractivity contribution in [3.63, 3.8) is 0 Å². The van der Waals surface area contributed by atoms with Crippen LogP contribution in [0.25, 0.3) is 0 Å². The van der Waals surface area contributed by atoms with Gasteiger partial charge in [-0.3, -0.25) is 9.10 Å². The maximum atomic E-state index is 13.5. The van der Waals surface area contributed by atoms with Crippen LogP contribution in [-0.4, -0.2) is 40.6 Å². The molecule has 0 aliphatic carbocycles. The van der Waals surface area contributed by atoms with Crippen molar-refractivity contribution < 1.29 is 22.7 Å². The summed E-state index contributed by atoms with van der Waals surface area (Å²) in [6, 6.07) is 22.8. The van der Waals surface area contributed by atoms with E-state index in [2.05, 4.69) is 5.32 Å². The van der Waals surface area contributed by atoms with Crippen LogP contribution in [-0.2, 0) is 14.8 Å². The Kier molecular flexibility index (Phi) is 6.55. The zero-order valence-corrected chi connectivity index (χ0v) is 19.3. The van der Waals surface area contributed by atoms with Crippen LogP contribution in [0, 0.1) is 0 Å². The van der Waals surface area contributed by atoms with Crippen LogP contribution >= 0.6 is 0 Å². The highest BCUT2D eigenvalue weighted by atomic mass is 32.2. The molecule has 0 fully saturated rings. The summed E-state index contributed by atoms with van der Waals surface area (Å²) in [7, 11) is -2.41. The summed E-state index contributed by atoms with van der Waals surface area (Å²) in [5.74, 6) is 0.644. The number of sulfonamides is 1. The minimum atomic E-state index is -3.92. The maximum Gasteiger partial charge on any atom is 0.264 e. The van der Waals surface area contributed by atoms with Crippen LogP contribution in [0.2, 0.25) is 0 Å². The highest BCUT2D eigenvalue weighted by molar-refractivity contribution is 7.92. The first kappa shape index (κ1) is 22.7. The molecule has 0 saturated carbocycles. The summed E-state index contributed by atoms with van der Waals surface area (Å²) in [5, 5.41) is 2.91. The molecule has 172 valence electrons. The van der Waals surface area contributed by atoms with E-state index in [0.717, 1.165) is 5.56 Å². The highest BCUT2D eigenvalue weighted by Crippen LogP contribution is 2.37. The number of carbonyl (C=O) groups is 1. The summed E-state index contributed by atoms with van der Waals surface area (Å²) in [6.07, 6.45) is -0.976. The number of methoxy groups -OCH3 is 1. The fraction of sp³-hybridized carbons (Fsp3) is 0.240. The first-order chi connectivity index (χ1) is 15.9. The van der Waals surface area contributed by atoms with E-state index < -0.39 is 16.1 Å². The monoisotopic (exact) mass is 466 g/mol. The standard InChI is InChI=1S/C25H26N2O5S/c1-18(19-8-4-3-5-9-19)16-26-25(28)24-17-27(22-10-6-7-11-23(22)32-24)33(29,30)21-14-12-20(31-2)13-15-21/h3-15,18,24H,16-17H2,1-2H3,(H,26,28)/t18-,24+/m1/s1. The SMILES string of the molecule is COc1ccc(S(=O)(=O)N2C[C@@H](C(=O)NC[C@@H](C)c3ccccc3)Oc3ccccc32)cc1. The second-order valence-corrected chi connectivity index (χ2v) is 9.71. The number of hydrogen-bond donors (Lipinski definition) is 1. The van der Waals surface area contributed by atoms with Gasteiger partial charge in [0.15, 0.2) is 6.10 Å². The average molecular weight is 467 g/mol. The Hall–Kier alpha value is -3.52. The summed E-state index contributed by atoms with van der Waals surface area (Å²) in [6.45, 7) is 2.31. The Bertz CT molecular complexity index is 1210. The molecule has 7 nitrogen and oxygen atoms in total. The number of nitrogens with one attached hydrogen (secondary N) is 1. The molecule has 1 aliphatic heterocycles. The predicted octanol–water partition coefficient (Wildman–Crippen LogP) is 3.57. The van der Waals surface area contributed by atoms with Gasteiger partial charge in [-0.05, 0) is 47.9 Å². The zero-order chi connectivity index (χ0) is 23.4. The lowest BCUT2D eigenvalue weighted by atomic mass is 10.0. The van der Waals surface area contributed by atoms with Gasteiger partial charge in [0, 0.05) is 6.54 Å². The Labute approximate surface area is 194 Å². The quantitative estimate of drug-likeness (QED) is 0.575. The lowest BCUT2D eigenvalue weighted by molar-refractivity contribution is -0.127. The summed E-state index contributed by atoms with van der Waals surface area (Å²) in [5.41, 5.74) is 1.51. The van der Waals surface area contributed by atoms with Gasteiger partial charge in [0.25, 0.3) is 15.9 Å². The molecule has 0 radical (unpaired) electrons. The number of anilines is 1. The molecule has 1 amide bonds. The topological polar surface area (TPSA) is 84.9 Å². The molecule has 0 unspecified atom stereocenters. The van der Waals surface area contributed by atoms with Gasteiger partial charge in [0.05, 0.1) is 24.2 Å². The van der Waals surface area contributed by atoms with Gasteiger partial charge >= 0.3 is 0 Å². The van der Waals surface area contributed by atoms with Crippen molar-refractivity contribution in [3.05, 3.63) is 84.4 Å². The van der Waals surface area contributed by atoms with E-state index in [0.29, 0.717) is 23.7 Å². The van der Waals surface area contributed by atoms with Crippen molar-refractivity contribution in [2.45, 2.75) is 23.8 Å². The third-order valence-electron chi connectivity index (χ3n) is 5.63. The second-order valence-electron chi connectivity index (χ2n) is 7.84. The number of benzene rings is 3. The molecular weight excluding hydrogens is 440 g/mol. The lowest BCUT2D eigenvalue weighted by Crippen LogP contribution is -2.51. The maximum absolute atomic E-state index is 13.5. The molecule has 1 heterocycles. The second kappa shape index (κ2) is 9.54. The molecule has 3 aromatic rings. The molecule has 8 heteroatoms. The molecular formula is C25H26N2O5S. The van der Waals surface area contributed by atoms with Crippen molar-refractivity contribution in [2.75, 3.05) is 24.5 Å². The Morgan fingerprint density at radius 1 is 1.06 bits per heavy atom. The zero-order valence-electron chi connectivity index (χ0n) is 18.5. The van der Waals surface area contributed by atoms with Crippen LogP contribution in [0.15, 0.2) is 83.8 Å². The number of nitrogens with zero attached hydrogens (tertiary/aromatic N) is 1. The molecule has 0 aromatic heterocycles. The largest absolute Gasteiger partial charge is 0.497 e. The average Bonchev–Trinajstić information content (AvgIpc) is 2.86. The van der Waals surface area contributed by atoms with Crippen molar-refractivity contribution in [3.8, 4) is 11.5 Å². The van der Waals surface area contributed by atoms with E-state index in [-0.39, 0.29) is 23.3 Å². The number of hydrogen-bond acceptors (Lipinski definition) is 5. The van der Waals surface area contributed by atoms with Crippen LogP contribution in [0.4, 0.5) is 5.69 Å². The van der Waals surface area contributed by atoms with E-state index >= 15 is 0 Å². The van der Waals surface area contributed by atoms with Crippen LogP contribution in [0.3, 0.4) is 0 Å². The number of fused-ring (bicyclic) bond motifs is 1. The molecule has 0 spiro atoms. The smallest absolute Gasteiger partial charge is 0.264 e. The van der Waals surface area contributed by atoms with Gasteiger partial charge in [0.2, 0.25) is 0 Å². The summed E-state index contributed by atoms with van der Waals surface area (Å²) < 4.78 is 39.2. The summed E-state index contributed by atoms with van der Waals surface area (Å²) in [4.78, 5) is 13.1. The normalized spacial score (nSPS) is 16.3. The van der Waals surface area contributed by atoms with Gasteiger partial charge in [-0.2, -0.15) is 0 Å². The van der Waals surface area contributed by atoms with Crippen molar-refractivity contribution in [1.82, 2.24) is 5.32 Å². The van der Waals surface area contributed by atoms with Gasteiger partial charge < -0.3 is 14.8 Å².